The van der Waals surface area contributed by atoms with Crippen LogP contribution in [-0.2, 0) is 11.3 Å². The van der Waals surface area contributed by atoms with Crippen molar-refractivity contribution in [3.05, 3.63) is 35.5 Å². The van der Waals surface area contributed by atoms with Crippen molar-refractivity contribution >= 4 is 17.7 Å². The third-order valence-electron chi connectivity index (χ3n) is 5.37. The minimum absolute atomic E-state index is 0.00850. The summed E-state index contributed by atoms with van der Waals surface area (Å²) in [6.07, 6.45) is 0.758. The summed E-state index contributed by atoms with van der Waals surface area (Å²) in [6.45, 7) is 12.2. The van der Waals surface area contributed by atoms with Gasteiger partial charge in [0, 0.05) is 19.5 Å². The summed E-state index contributed by atoms with van der Waals surface area (Å²) >= 11 is 0. The van der Waals surface area contributed by atoms with Gasteiger partial charge in [-0.25, -0.2) is 0 Å². The first-order valence-electron chi connectivity index (χ1n) is 11.4. The third kappa shape index (κ3) is 5.60. The molecular formula is C24H34N6O3. The highest BCUT2D eigenvalue weighted by Gasteiger charge is 2.28. The number of nitrogens with zero attached hydrogens (tertiary/aromatic N) is 4. The second-order valence-corrected chi connectivity index (χ2v) is 8.71. The molecule has 1 unspecified atom stereocenters. The Morgan fingerprint density at radius 1 is 1.21 bits per heavy atom. The van der Waals surface area contributed by atoms with Crippen LogP contribution in [0.15, 0.2) is 24.3 Å². The molecule has 2 heterocycles. The first-order valence-corrected chi connectivity index (χ1v) is 11.4. The molecule has 2 aliphatic heterocycles. The number of aliphatic hydroxyl groups excluding tert-OH is 1. The van der Waals surface area contributed by atoms with Crippen molar-refractivity contribution in [1.29, 1.82) is 0 Å². The number of carbonyl (C=O) groups is 1. The van der Waals surface area contributed by atoms with E-state index in [0.717, 1.165) is 23.4 Å². The van der Waals surface area contributed by atoms with Crippen molar-refractivity contribution in [2.75, 3.05) is 17.2 Å². The fourth-order valence-corrected chi connectivity index (χ4v) is 3.68. The summed E-state index contributed by atoms with van der Waals surface area (Å²) in [6, 6.07) is 7.34. The highest BCUT2D eigenvalue weighted by Crippen LogP contribution is 2.37. The summed E-state index contributed by atoms with van der Waals surface area (Å²) in [5.41, 5.74) is 3.47. The summed E-state index contributed by atoms with van der Waals surface area (Å²) in [5.74, 6) is 1.59. The summed E-state index contributed by atoms with van der Waals surface area (Å²) < 4.78 is 7.30. The summed E-state index contributed by atoms with van der Waals surface area (Å²) in [4.78, 5) is 16.1. The number of hydrogen-bond acceptors (Lipinski definition) is 8. The van der Waals surface area contributed by atoms with Crippen molar-refractivity contribution in [2.24, 2.45) is 0 Å². The number of benzene rings is 1. The molecule has 0 saturated heterocycles. The first-order chi connectivity index (χ1) is 15.7. The molecule has 1 atom stereocenters. The minimum atomic E-state index is -0.358. The maximum atomic E-state index is 11.3. The largest absolute Gasteiger partial charge is 0.427 e. The topological polar surface area (TPSA) is 114 Å². The Kier molecular flexibility index (Phi) is 7.86. The van der Waals surface area contributed by atoms with Crippen LogP contribution in [0.5, 0.6) is 5.75 Å². The molecule has 33 heavy (non-hydrogen) atoms. The number of ether oxygens (including phenoxy) is 1. The Balaban J connectivity index is 2.03. The number of hydrogen-bond donors (Lipinski definition) is 3. The van der Waals surface area contributed by atoms with Gasteiger partial charge in [-0.15, -0.1) is 5.10 Å². The molecule has 0 amide bonds. The molecule has 3 rings (SSSR count). The lowest BCUT2D eigenvalue weighted by molar-refractivity contribution is -0.131. The van der Waals surface area contributed by atoms with Gasteiger partial charge in [0.15, 0.2) is 11.5 Å². The molecule has 9 heteroatoms. The van der Waals surface area contributed by atoms with Crippen LogP contribution in [0.4, 0.5) is 11.8 Å². The maximum Gasteiger partial charge on any atom is 0.308 e. The average Bonchev–Trinajstić information content (AvgIpc) is 3.20. The van der Waals surface area contributed by atoms with E-state index in [-0.39, 0.29) is 30.6 Å². The highest BCUT2D eigenvalue weighted by atomic mass is 16.5. The van der Waals surface area contributed by atoms with E-state index >= 15 is 0 Å². The van der Waals surface area contributed by atoms with E-state index in [9.17, 15) is 9.90 Å². The number of fused-ring (bicyclic) bond motifs is 1. The van der Waals surface area contributed by atoms with E-state index in [1.54, 1.807) is 6.07 Å². The number of aromatic nitrogens is 4. The van der Waals surface area contributed by atoms with Crippen molar-refractivity contribution in [2.45, 2.75) is 72.5 Å². The minimum Gasteiger partial charge on any atom is -0.427 e. The zero-order valence-electron chi connectivity index (χ0n) is 20.2. The zero-order chi connectivity index (χ0) is 24.1. The lowest BCUT2D eigenvalue weighted by atomic mass is 10.1. The van der Waals surface area contributed by atoms with Gasteiger partial charge in [-0.1, -0.05) is 32.9 Å². The highest BCUT2D eigenvalue weighted by molar-refractivity contribution is 5.75. The smallest absolute Gasteiger partial charge is 0.308 e. The number of rotatable bonds is 10. The normalized spacial score (nSPS) is 12.4. The Hall–Kier alpha value is -3.20. The summed E-state index contributed by atoms with van der Waals surface area (Å²) in [5, 5.41) is 25.5. The molecule has 1 aromatic carbocycles. The van der Waals surface area contributed by atoms with Gasteiger partial charge in [0.1, 0.15) is 5.75 Å². The van der Waals surface area contributed by atoms with Gasteiger partial charge < -0.3 is 25.0 Å². The third-order valence-corrected chi connectivity index (χ3v) is 5.37. The predicted octanol–water partition coefficient (Wildman–Crippen LogP) is 4.20. The second kappa shape index (κ2) is 10.6. The fraction of sp³-hybridized carbons (Fsp3) is 0.500. The Morgan fingerprint density at radius 2 is 1.97 bits per heavy atom. The Bertz CT molecular complexity index is 1060. The number of esters is 1. The monoisotopic (exact) mass is 454 g/mol. The average molecular weight is 455 g/mol. The molecule has 0 radical (unpaired) electrons. The molecule has 178 valence electrons. The lowest BCUT2D eigenvalue weighted by Gasteiger charge is -2.26. The predicted molar refractivity (Wildman–Crippen MR) is 129 cm³/mol. The van der Waals surface area contributed by atoms with Gasteiger partial charge in [-0.05, 0) is 43.9 Å². The molecule has 9 nitrogen and oxygen atoms in total. The molecule has 0 fully saturated rings. The van der Waals surface area contributed by atoms with Crippen LogP contribution in [0.1, 0.15) is 71.2 Å². The van der Waals surface area contributed by atoms with Crippen molar-refractivity contribution in [3.8, 4) is 17.1 Å². The van der Waals surface area contributed by atoms with Crippen LogP contribution in [0.3, 0.4) is 0 Å². The van der Waals surface area contributed by atoms with Gasteiger partial charge in [0.2, 0.25) is 5.95 Å². The van der Waals surface area contributed by atoms with Gasteiger partial charge in [-0.3, -0.25) is 4.79 Å². The van der Waals surface area contributed by atoms with E-state index in [1.165, 1.54) is 6.92 Å². The molecule has 0 aliphatic carbocycles. The standard InChI is InChI=1S/C24H34N6O3/c1-7-18(13-31)26-24-27-23(25-12-17-9-8-10-19(11-17)33-16(6)32)21-22(30(24)15(4)5)20(14(2)3)28-29-21/h8-11,14-15,18,25,31H,7,12-13H2,1-6H3,(H,26,27). The van der Waals surface area contributed by atoms with E-state index in [4.69, 9.17) is 9.72 Å². The second-order valence-electron chi connectivity index (χ2n) is 8.71. The van der Waals surface area contributed by atoms with Crippen molar-refractivity contribution < 1.29 is 14.6 Å². The number of anilines is 2. The SMILES string of the molecule is CCC(CO)Nc1nc(NCc2cccc(OC(C)=O)c2)c2nnc(C(C)C)c-2n1C(C)C. The number of nitrogens with one attached hydrogen (secondary N) is 2. The quantitative estimate of drug-likeness (QED) is 0.308. The van der Waals surface area contributed by atoms with Gasteiger partial charge >= 0.3 is 5.97 Å². The van der Waals surface area contributed by atoms with Crippen LogP contribution in [0.25, 0.3) is 11.4 Å². The zero-order valence-corrected chi connectivity index (χ0v) is 20.2. The summed E-state index contributed by atoms with van der Waals surface area (Å²) in [7, 11) is 0. The lowest BCUT2D eigenvalue weighted by Crippen LogP contribution is -2.27. The van der Waals surface area contributed by atoms with E-state index in [2.05, 4.69) is 53.1 Å². The van der Waals surface area contributed by atoms with Gasteiger partial charge in [0.05, 0.1) is 24.0 Å². The molecule has 0 aromatic heterocycles. The van der Waals surface area contributed by atoms with Crippen LogP contribution in [-0.4, -0.2) is 43.5 Å². The van der Waals surface area contributed by atoms with Gasteiger partial charge in [-0.2, -0.15) is 10.1 Å². The molecule has 2 aliphatic rings. The first kappa shape index (κ1) is 24.4. The molecule has 0 saturated carbocycles. The van der Waals surface area contributed by atoms with Crippen LogP contribution >= 0.6 is 0 Å². The maximum absolute atomic E-state index is 11.3. The molecule has 3 N–H and O–H groups in total. The fourth-order valence-electron chi connectivity index (χ4n) is 3.68. The molecule has 0 spiro atoms. The number of carbonyl (C=O) groups excluding carboxylic acids is 1. The van der Waals surface area contributed by atoms with Crippen LogP contribution in [0, 0.1) is 0 Å². The van der Waals surface area contributed by atoms with Crippen LogP contribution < -0.4 is 15.4 Å². The Morgan fingerprint density at radius 3 is 2.58 bits per heavy atom. The van der Waals surface area contributed by atoms with Gasteiger partial charge in [0.25, 0.3) is 0 Å². The number of aliphatic hydroxyl groups is 1. The van der Waals surface area contributed by atoms with E-state index in [0.29, 0.717) is 29.8 Å². The molecular weight excluding hydrogens is 420 g/mol. The van der Waals surface area contributed by atoms with Crippen molar-refractivity contribution in [3.63, 3.8) is 0 Å². The van der Waals surface area contributed by atoms with Crippen LogP contribution in [0.2, 0.25) is 0 Å². The Labute approximate surface area is 194 Å². The van der Waals surface area contributed by atoms with E-state index < -0.39 is 0 Å². The van der Waals surface area contributed by atoms with E-state index in [1.807, 2.05) is 25.1 Å². The molecule has 1 aromatic rings. The molecule has 0 bridgehead atoms. The van der Waals surface area contributed by atoms with Crippen molar-refractivity contribution in [1.82, 2.24) is 19.7 Å².